The van der Waals surface area contributed by atoms with Crippen LogP contribution in [0.4, 0.5) is 0 Å². The van der Waals surface area contributed by atoms with Crippen molar-refractivity contribution in [1.82, 2.24) is 47.0 Å². The summed E-state index contributed by atoms with van der Waals surface area (Å²) in [7, 11) is 3.33. The van der Waals surface area contributed by atoms with Gasteiger partial charge in [0.05, 0.1) is 24.2 Å². The maximum Gasteiger partial charge on any atom is 0.246 e. The largest absolute Gasteiger partial charge is 0.351 e. The monoisotopic (exact) mass is 1100 g/mol. The number of hydrogen-bond donors (Lipinski definition) is 7. The van der Waals surface area contributed by atoms with E-state index in [0.717, 1.165) is 49.7 Å². The minimum atomic E-state index is -0.945. The molecule has 0 aromatic heterocycles. The van der Waals surface area contributed by atoms with Gasteiger partial charge in [0.2, 0.25) is 41.4 Å². The molecule has 0 radical (unpaired) electrons. The van der Waals surface area contributed by atoms with Crippen LogP contribution < -0.4 is 37.2 Å². The van der Waals surface area contributed by atoms with Gasteiger partial charge < -0.3 is 47.0 Å². The molecule has 2 heterocycles. The fourth-order valence-corrected chi connectivity index (χ4v) is 11.1. The van der Waals surface area contributed by atoms with Crippen LogP contribution in [0.3, 0.4) is 0 Å². The SMILES string of the molecule is CN[C@@H](C)C(=O)N[C@H](C(=O)N1C[C@@H](CC(=O)CCCCC(=O)N[C@H]2C[C@@H](C(=O)N[C@@H]3CCCc4ccccc43)N(C(=O)[C@@H](NC(=O)[C@H](C)NC)C(C)(C)C)C2)C[C@H]1C(=O)N[C@@H]1CCCc2ccccc21)C(C)(C)C.Cl.Cl. The van der Waals surface area contributed by atoms with Gasteiger partial charge in [0.25, 0.3) is 0 Å². The number of unbranched alkanes of at least 4 members (excludes halogenated alkanes) is 1. The first kappa shape index (κ1) is 63.4. The summed E-state index contributed by atoms with van der Waals surface area (Å²) in [6.07, 6.45) is 7.05. The van der Waals surface area contributed by atoms with Crippen LogP contribution in [-0.4, -0.2) is 126 Å². The molecule has 4 aliphatic rings. The molecule has 0 saturated carbocycles. The van der Waals surface area contributed by atoms with Gasteiger partial charge in [0.1, 0.15) is 30.0 Å². The molecule has 2 aromatic carbocycles. The zero-order valence-corrected chi connectivity index (χ0v) is 48.1. The van der Waals surface area contributed by atoms with E-state index < -0.39 is 59.0 Å². The van der Waals surface area contributed by atoms with Crippen molar-refractivity contribution in [2.45, 2.75) is 193 Å². The molecule has 7 amide bonds. The third kappa shape index (κ3) is 16.2. The number of likely N-dealkylation sites (N-methyl/N-ethyl adjacent to an activating group) is 2. The Hall–Kier alpha value is -5.10. The van der Waals surface area contributed by atoms with Crippen LogP contribution in [-0.2, 0) is 51.2 Å². The molecular weight excluding hydrogens is 1010 g/mol. The van der Waals surface area contributed by atoms with Gasteiger partial charge in [-0.15, -0.1) is 24.8 Å². The third-order valence-corrected chi connectivity index (χ3v) is 15.7. The van der Waals surface area contributed by atoms with Crippen LogP contribution in [0.1, 0.15) is 160 Å². The average Bonchev–Trinajstić information content (AvgIpc) is 3.99. The second-order valence-electron chi connectivity index (χ2n) is 23.5. The van der Waals surface area contributed by atoms with Crippen molar-refractivity contribution >= 4 is 71.9 Å². The van der Waals surface area contributed by atoms with E-state index in [9.17, 15) is 38.4 Å². The predicted molar refractivity (Wildman–Crippen MR) is 299 cm³/mol. The van der Waals surface area contributed by atoms with Gasteiger partial charge in [-0.2, -0.15) is 0 Å². The second kappa shape index (κ2) is 28.0. The number of Topliss-reactive ketones (excluding diaryl/α,β-unsaturated/α-hetero) is 1. The lowest BCUT2D eigenvalue weighted by Crippen LogP contribution is -2.59. The minimum Gasteiger partial charge on any atom is -0.351 e. The summed E-state index contributed by atoms with van der Waals surface area (Å²) in [6, 6.07) is 10.5. The summed E-state index contributed by atoms with van der Waals surface area (Å²) < 4.78 is 0. The number of nitrogens with zero attached hydrogens (tertiary/aromatic N) is 2. The molecular formula is C57H87Cl2N9O8. The van der Waals surface area contributed by atoms with Crippen molar-refractivity contribution in [2.75, 3.05) is 27.2 Å². The molecule has 10 atom stereocenters. The second-order valence-corrected chi connectivity index (χ2v) is 23.5. The number of rotatable bonds is 20. The number of carbonyl (C=O) groups is 8. The van der Waals surface area contributed by atoms with Gasteiger partial charge in [0, 0.05) is 38.4 Å². The van der Waals surface area contributed by atoms with E-state index in [2.05, 4.69) is 49.4 Å². The Morgan fingerprint density at radius 3 is 1.49 bits per heavy atom. The quantitative estimate of drug-likeness (QED) is 0.0846. The summed E-state index contributed by atoms with van der Waals surface area (Å²) in [4.78, 5) is 114. The molecule has 0 unspecified atom stereocenters. The molecule has 2 saturated heterocycles. The van der Waals surface area contributed by atoms with Gasteiger partial charge in [-0.1, -0.05) is 90.1 Å². The molecule has 2 aliphatic heterocycles. The van der Waals surface area contributed by atoms with Gasteiger partial charge in [-0.3, -0.25) is 38.4 Å². The van der Waals surface area contributed by atoms with Crippen LogP contribution in [0.5, 0.6) is 0 Å². The third-order valence-electron chi connectivity index (χ3n) is 15.7. The van der Waals surface area contributed by atoms with E-state index in [1.807, 2.05) is 77.9 Å². The molecule has 2 aliphatic carbocycles. The topological polar surface area (TPSA) is 227 Å². The molecule has 2 aromatic rings. The van der Waals surface area contributed by atoms with Crippen molar-refractivity contribution in [1.29, 1.82) is 0 Å². The number of nitrogens with one attached hydrogen (secondary N) is 7. The van der Waals surface area contributed by atoms with E-state index >= 15 is 0 Å². The fraction of sp³-hybridized carbons (Fsp3) is 0.649. The lowest BCUT2D eigenvalue weighted by atomic mass is 9.85. The average molecular weight is 1100 g/mol. The van der Waals surface area contributed by atoms with Crippen molar-refractivity contribution in [3.8, 4) is 0 Å². The van der Waals surface area contributed by atoms with Crippen molar-refractivity contribution in [3.05, 3.63) is 70.8 Å². The first-order valence-corrected chi connectivity index (χ1v) is 27.1. The molecule has 2 fully saturated rings. The molecule has 6 rings (SSSR count). The number of hydrogen-bond acceptors (Lipinski definition) is 10. The fourth-order valence-electron chi connectivity index (χ4n) is 11.1. The number of likely N-dealkylation sites (tertiary alicyclic amines) is 2. The first-order chi connectivity index (χ1) is 35.0. The van der Waals surface area contributed by atoms with E-state index in [1.165, 1.54) is 16.0 Å². The van der Waals surface area contributed by atoms with Gasteiger partial charge >= 0.3 is 0 Å². The number of benzene rings is 2. The van der Waals surface area contributed by atoms with E-state index in [-0.39, 0.29) is 123 Å². The summed E-state index contributed by atoms with van der Waals surface area (Å²) in [6.45, 7) is 14.9. The van der Waals surface area contributed by atoms with Crippen LogP contribution in [0.25, 0.3) is 0 Å². The first-order valence-electron chi connectivity index (χ1n) is 27.1. The van der Waals surface area contributed by atoms with Crippen LogP contribution >= 0.6 is 24.8 Å². The number of carbonyl (C=O) groups excluding carboxylic acids is 8. The van der Waals surface area contributed by atoms with Crippen molar-refractivity contribution in [3.63, 3.8) is 0 Å². The lowest BCUT2D eigenvalue weighted by Gasteiger charge is -2.36. The normalized spacial score (nSPS) is 22.7. The number of halogens is 2. The maximum atomic E-state index is 14.6. The lowest BCUT2D eigenvalue weighted by molar-refractivity contribution is -0.144. The highest BCUT2D eigenvalue weighted by molar-refractivity contribution is 5.95. The predicted octanol–water partition coefficient (Wildman–Crippen LogP) is 5.32. The van der Waals surface area contributed by atoms with Gasteiger partial charge in [0.15, 0.2) is 0 Å². The molecule has 7 N–H and O–H groups in total. The summed E-state index contributed by atoms with van der Waals surface area (Å²) >= 11 is 0. The standard InChI is InChI=1S/C57H85N9O8.2ClH/c1-34(58-9)50(69)63-48(56(3,4)5)54(73)65-32-36(30-45(65)52(71)61-43-26-17-21-37-19-11-14-24-41(37)43)29-40(67)23-13-16-28-47(68)60-39-31-46(53(72)62-44-27-18-22-38-20-12-15-25-42(38)44)66(33-39)55(74)49(57(6,7)8)64-51(70)35(2)59-10;;/h11-12,14-15,19-20,24-25,34-36,39,43-46,48-49,58-59H,13,16-18,21-23,26-33H2,1-10H3,(H,60,68)(H,61,71)(H,62,72)(H,63,69)(H,64,70);2*1H/t34-,35-,36-,39-,43+,44+,45-,46-,48+,49+;;/m0../s1. The summed E-state index contributed by atoms with van der Waals surface area (Å²) in [5.41, 5.74) is 3.13. The Labute approximate surface area is 463 Å². The Kier molecular flexibility index (Phi) is 23.4. The number of ketones is 1. The smallest absolute Gasteiger partial charge is 0.246 e. The highest BCUT2D eigenvalue weighted by Gasteiger charge is 2.48. The molecule has 0 spiro atoms. The summed E-state index contributed by atoms with van der Waals surface area (Å²) in [5, 5.41) is 21.2. The molecule has 76 heavy (non-hydrogen) atoms. The maximum absolute atomic E-state index is 14.6. The number of aryl methyl sites for hydroxylation is 2. The van der Waals surface area contributed by atoms with Crippen molar-refractivity contribution < 1.29 is 38.4 Å². The zero-order chi connectivity index (χ0) is 54.1. The molecule has 0 bridgehead atoms. The van der Waals surface area contributed by atoms with Gasteiger partial charge in [-0.25, -0.2) is 0 Å². The number of fused-ring (bicyclic) bond motifs is 2. The summed E-state index contributed by atoms with van der Waals surface area (Å²) in [5.74, 6) is -2.61. The Balaban J connectivity index is 0.00000624. The zero-order valence-electron chi connectivity index (χ0n) is 46.5. The Morgan fingerprint density at radius 1 is 0.592 bits per heavy atom. The molecule has 19 heteroatoms. The van der Waals surface area contributed by atoms with E-state index in [4.69, 9.17) is 0 Å². The van der Waals surface area contributed by atoms with Crippen LogP contribution in [0, 0.1) is 16.7 Å². The van der Waals surface area contributed by atoms with Gasteiger partial charge in [-0.05, 0) is 131 Å². The van der Waals surface area contributed by atoms with Crippen LogP contribution in [0.15, 0.2) is 48.5 Å². The van der Waals surface area contributed by atoms with Crippen LogP contribution in [0.2, 0.25) is 0 Å². The molecule has 17 nitrogen and oxygen atoms in total. The molecule has 422 valence electrons. The number of amides is 7. The van der Waals surface area contributed by atoms with E-state index in [0.29, 0.717) is 19.3 Å². The Bertz CT molecular complexity index is 2210. The minimum absolute atomic E-state index is 0. The highest BCUT2D eigenvalue weighted by Crippen LogP contribution is 2.35. The van der Waals surface area contributed by atoms with Crippen molar-refractivity contribution in [2.24, 2.45) is 16.7 Å². The highest BCUT2D eigenvalue weighted by atomic mass is 35.5. The Morgan fingerprint density at radius 2 is 1.03 bits per heavy atom. The van der Waals surface area contributed by atoms with E-state index in [1.54, 1.807) is 32.8 Å².